The van der Waals surface area contributed by atoms with Crippen molar-refractivity contribution in [3.05, 3.63) is 29.3 Å². The molecule has 4 nitrogen and oxygen atoms in total. The molecular formula is C14H19F2NO3. The molecule has 1 aromatic rings. The molecule has 6 heteroatoms. The maximum atomic E-state index is 13.7. The summed E-state index contributed by atoms with van der Waals surface area (Å²) in [6.07, 6.45) is 0. The first-order valence-electron chi connectivity index (χ1n) is 6.15. The second-order valence-corrected chi connectivity index (χ2v) is 5.36. The van der Waals surface area contributed by atoms with Gasteiger partial charge in [0.1, 0.15) is 0 Å². The lowest BCUT2D eigenvalue weighted by atomic mass is 10.1. The highest BCUT2D eigenvalue weighted by atomic mass is 19.1. The quantitative estimate of drug-likeness (QED) is 0.845. The molecule has 0 bridgehead atoms. The van der Waals surface area contributed by atoms with E-state index in [-0.39, 0.29) is 5.54 Å². The van der Waals surface area contributed by atoms with E-state index in [9.17, 15) is 13.6 Å². The van der Waals surface area contributed by atoms with Crippen LogP contribution in [0.4, 0.5) is 8.78 Å². The number of esters is 1. The Balaban J connectivity index is 2.78. The van der Waals surface area contributed by atoms with Gasteiger partial charge in [-0.2, -0.15) is 0 Å². The summed E-state index contributed by atoms with van der Waals surface area (Å²) in [6.45, 7) is 5.65. The molecule has 0 aromatic heterocycles. The van der Waals surface area contributed by atoms with Gasteiger partial charge in [-0.15, -0.1) is 0 Å². The van der Waals surface area contributed by atoms with Gasteiger partial charge in [-0.1, -0.05) is 0 Å². The highest BCUT2D eigenvalue weighted by molar-refractivity contribution is 5.70. The number of carbonyl (C=O) groups excluding carboxylic acids is 1. The van der Waals surface area contributed by atoms with Crippen LogP contribution in [0.5, 0.6) is 5.75 Å². The molecular weight excluding hydrogens is 268 g/mol. The van der Waals surface area contributed by atoms with Crippen LogP contribution >= 0.6 is 0 Å². The summed E-state index contributed by atoms with van der Waals surface area (Å²) in [6, 6.07) is 2.35. The summed E-state index contributed by atoms with van der Waals surface area (Å²) < 4.78 is 36.6. The summed E-state index contributed by atoms with van der Waals surface area (Å²) in [7, 11) is 1.17. The molecule has 112 valence electrons. The molecule has 0 aliphatic carbocycles. The maximum absolute atomic E-state index is 13.7. The Morgan fingerprint density at radius 2 is 1.80 bits per heavy atom. The van der Waals surface area contributed by atoms with Crippen molar-refractivity contribution in [2.75, 3.05) is 13.7 Å². The molecule has 1 rings (SSSR count). The fourth-order valence-electron chi connectivity index (χ4n) is 1.41. The van der Waals surface area contributed by atoms with Gasteiger partial charge in [0, 0.05) is 12.1 Å². The molecule has 0 fully saturated rings. The highest BCUT2D eigenvalue weighted by Crippen LogP contribution is 2.23. The molecule has 20 heavy (non-hydrogen) atoms. The van der Waals surface area contributed by atoms with Crippen molar-refractivity contribution in [1.82, 2.24) is 5.32 Å². The van der Waals surface area contributed by atoms with Crippen molar-refractivity contribution in [1.29, 1.82) is 0 Å². The third kappa shape index (κ3) is 5.13. The average Bonchev–Trinajstić information content (AvgIpc) is 2.34. The van der Waals surface area contributed by atoms with Crippen molar-refractivity contribution in [3.63, 3.8) is 0 Å². The van der Waals surface area contributed by atoms with E-state index < -0.39 is 30.0 Å². The third-order valence-corrected chi connectivity index (χ3v) is 2.44. The first-order valence-corrected chi connectivity index (χ1v) is 6.15. The van der Waals surface area contributed by atoms with Crippen LogP contribution in [-0.4, -0.2) is 25.2 Å². The number of hydrogen-bond acceptors (Lipinski definition) is 4. The van der Waals surface area contributed by atoms with Crippen molar-refractivity contribution in [3.8, 4) is 5.75 Å². The van der Waals surface area contributed by atoms with E-state index in [0.29, 0.717) is 12.1 Å². The summed E-state index contributed by atoms with van der Waals surface area (Å²) in [4.78, 5) is 10.9. The van der Waals surface area contributed by atoms with Gasteiger partial charge in [0.15, 0.2) is 24.0 Å². The first kappa shape index (κ1) is 16.4. The Labute approximate surface area is 117 Å². The predicted octanol–water partition coefficient (Wildman–Crippen LogP) is 2.40. The lowest BCUT2D eigenvalue weighted by Gasteiger charge is -2.20. The zero-order chi connectivity index (χ0) is 15.3. The molecule has 1 aromatic carbocycles. The molecule has 0 amide bonds. The second kappa shape index (κ2) is 6.65. The average molecular weight is 287 g/mol. The van der Waals surface area contributed by atoms with Crippen LogP contribution in [0.25, 0.3) is 0 Å². The van der Waals surface area contributed by atoms with Crippen LogP contribution in [-0.2, 0) is 16.1 Å². The topological polar surface area (TPSA) is 47.6 Å². The standard InChI is InChI=1S/C14H19F2NO3/c1-14(2,3)17-7-9-5-10(15)13(11(16)6-9)20-8-12(18)19-4/h5-6,17H,7-8H2,1-4H3. The fraction of sp³-hybridized carbons (Fsp3) is 0.500. The van der Waals surface area contributed by atoms with Crippen LogP contribution in [0.2, 0.25) is 0 Å². The normalized spacial score (nSPS) is 11.3. The van der Waals surface area contributed by atoms with Gasteiger partial charge >= 0.3 is 5.97 Å². The Morgan fingerprint density at radius 3 is 2.25 bits per heavy atom. The van der Waals surface area contributed by atoms with E-state index in [1.807, 2.05) is 20.8 Å². The number of carbonyl (C=O) groups is 1. The van der Waals surface area contributed by atoms with Gasteiger partial charge < -0.3 is 14.8 Å². The molecule has 0 aliphatic rings. The number of halogens is 2. The molecule has 0 saturated carbocycles. The fourth-order valence-corrected chi connectivity index (χ4v) is 1.41. The minimum atomic E-state index is -0.848. The zero-order valence-electron chi connectivity index (χ0n) is 12.0. The lowest BCUT2D eigenvalue weighted by Crippen LogP contribution is -2.35. The van der Waals surface area contributed by atoms with Crippen LogP contribution in [0.1, 0.15) is 26.3 Å². The van der Waals surface area contributed by atoms with E-state index in [1.54, 1.807) is 0 Å². The van der Waals surface area contributed by atoms with Gasteiger partial charge in [-0.05, 0) is 38.5 Å². The van der Waals surface area contributed by atoms with Crippen molar-refractivity contribution in [2.45, 2.75) is 32.9 Å². The Morgan fingerprint density at radius 1 is 1.25 bits per heavy atom. The van der Waals surface area contributed by atoms with Gasteiger partial charge in [0.05, 0.1) is 7.11 Å². The SMILES string of the molecule is COC(=O)COc1c(F)cc(CNC(C)(C)C)cc1F. The largest absolute Gasteiger partial charge is 0.476 e. The number of nitrogens with one attached hydrogen (secondary N) is 1. The monoisotopic (exact) mass is 287 g/mol. The van der Waals surface area contributed by atoms with Gasteiger partial charge in [-0.25, -0.2) is 13.6 Å². The number of benzene rings is 1. The van der Waals surface area contributed by atoms with Crippen molar-refractivity contribution >= 4 is 5.97 Å². The molecule has 0 saturated heterocycles. The van der Waals surface area contributed by atoms with Gasteiger partial charge in [0.25, 0.3) is 0 Å². The second-order valence-electron chi connectivity index (χ2n) is 5.36. The van der Waals surface area contributed by atoms with E-state index in [1.165, 1.54) is 19.2 Å². The van der Waals surface area contributed by atoms with Crippen molar-refractivity contribution in [2.24, 2.45) is 0 Å². The number of hydrogen-bond donors (Lipinski definition) is 1. The number of methoxy groups -OCH3 is 1. The molecule has 0 unspecified atom stereocenters. The smallest absolute Gasteiger partial charge is 0.343 e. The minimum Gasteiger partial charge on any atom is -0.476 e. The maximum Gasteiger partial charge on any atom is 0.343 e. The molecule has 0 heterocycles. The van der Waals surface area contributed by atoms with Crippen LogP contribution < -0.4 is 10.1 Å². The Kier molecular flexibility index (Phi) is 5.44. The predicted molar refractivity (Wildman–Crippen MR) is 70.5 cm³/mol. The molecule has 0 aliphatic heterocycles. The summed E-state index contributed by atoms with van der Waals surface area (Å²) in [5.74, 6) is -2.98. The number of rotatable bonds is 5. The summed E-state index contributed by atoms with van der Waals surface area (Å²) in [5, 5.41) is 3.12. The zero-order valence-corrected chi connectivity index (χ0v) is 12.0. The molecule has 0 spiro atoms. The Hall–Kier alpha value is -1.69. The lowest BCUT2D eigenvalue weighted by molar-refractivity contribution is -0.143. The third-order valence-electron chi connectivity index (χ3n) is 2.44. The summed E-state index contributed by atoms with van der Waals surface area (Å²) in [5.41, 5.74) is 0.299. The first-order chi connectivity index (χ1) is 9.23. The minimum absolute atomic E-state index is 0.160. The van der Waals surface area contributed by atoms with E-state index >= 15 is 0 Å². The Bertz CT molecular complexity index is 461. The highest BCUT2D eigenvalue weighted by Gasteiger charge is 2.16. The summed E-state index contributed by atoms with van der Waals surface area (Å²) >= 11 is 0. The van der Waals surface area contributed by atoms with E-state index in [0.717, 1.165) is 0 Å². The van der Waals surface area contributed by atoms with Crippen molar-refractivity contribution < 1.29 is 23.0 Å². The van der Waals surface area contributed by atoms with Crippen LogP contribution in [0.3, 0.4) is 0 Å². The molecule has 0 atom stereocenters. The van der Waals surface area contributed by atoms with Crippen LogP contribution in [0.15, 0.2) is 12.1 Å². The van der Waals surface area contributed by atoms with Gasteiger partial charge in [-0.3, -0.25) is 0 Å². The van der Waals surface area contributed by atoms with Gasteiger partial charge in [0.2, 0.25) is 0 Å². The molecule has 0 radical (unpaired) electrons. The molecule has 1 N–H and O–H groups in total. The number of ether oxygens (including phenoxy) is 2. The van der Waals surface area contributed by atoms with E-state index in [2.05, 4.69) is 10.1 Å². The van der Waals surface area contributed by atoms with Crippen LogP contribution in [0, 0.1) is 11.6 Å². The van der Waals surface area contributed by atoms with E-state index in [4.69, 9.17) is 4.74 Å².